The van der Waals surface area contributed by atoms with Gasteiger partial charge >= 0.3 is 5.97 Å². The van der Waals surface area contributed by atoms with Gasteiger partial charge in [0.05, 0.1) is 25.4 Å². The first-order valence-electron chi connectivity index (χ1n) is 33.6. The molecule has 0 aliphatic carbocycles. The number of unbranched alkanes of at least 4 members (excludes halogenated alkanes) is 43. The zero-order valence-electron chi connectivity index (χ0n) is 50.7. The molecule has 0 bridgehead atoms. The van der Waals surface area contributed by atoms with Crippen molar-refractivity contribution >= 4 is 11.9 Å². The first kappa shape index (κ1) is 73.6. The number of hydrogen-bond donors (Lipinski definition) is 3. The van der Waals surface area contributed by atoms with Crippen LogP contribution >= 0.6 is 0 Å². The van der Waals surface area contributed by atoms with Gasteiger partial charge in [0.15, 0.2) is 0 Å². The molecule has 76 heavy (non-hydrogen) atoms. The van der Waals surface area contributed by atoms with E-state index in [0.717, 1.165) is 89.9 Å². The number of esters is 1. The maximum Gasteiger partial charge on any atom is 0.305 e. The van der Waals surface area contributed by atoms with E-state index in [1.165, 1.54) is 231 Å². The largest absolute Gasteiger partial charge is 0.466 e. The molecule has 0 radical (unpaired) electrons. The summed E-state index contributed by atoms with van der Waals surface area (Å²) in [5.74, 6) is -0.106. The van der Waals surface area contributed by atoms with E-state index in [0.29, 0.717) is 19.4 Å². The van der Waals surface area contributed by atoms with Gasteiger partial charge in [0.2, 0.25) is 5.91 Å². The van der Waals surface area contributed by atoms with Gasteiger partial charge in [-0.15, -0.1) is 0 Å². The van der Waals surface area contributed by atoms with E-state index in [1.807, 2.05) is 6.08 Å². The van der Waals surface area contributed by atoms with Crippen LogP contribution in [0.25, 0.3) is 0 Å². The second-order valence-electron chi connectivity index (χ2n) is 22.8. The lowest BCUT2D eigenvalue weighted by Crippen LogP contribution is -2.45. The quantitative estimate of drug-likeness (QED) is 0.0320. The Kier molecular flexibility index (Phi) is 63.0. The lowest BCUT2D eigenvalue weighted by Gasteiger charge is -2.20. The number of rotatable bonds is 62. The van der Waals surface area contributed by atoms with Gasteiger partial charge in [0.1, 0.15) is 0 Å². The highest BCUT2D eigenvalue weighted by molar-refractivity contribution is 5.76. The Morgan fingerprint density at radius 3 is 1.01 bits per heavy atom. The van der Waals surface area contributed by atoms with Gasteiger partial charge in [-0.25, -0.2) is 0 Å². The summed E-state index contributed by atoms with van der Waals surface area (Å²) >= 11 is 0. The Hall–Kier alpha value is -2.44. The van der Waals surface area contributed by atoms with Crippen LogP contribution in [0, 0.1) is 0 Å². The topological polar surface area (TPSA) is 95.9 Å². The van der Waals surface area contributed by atoms with E-state index in [1.54, 1.807) is 6.08 Å². The maximum absolute atomic E-state index is 12.5. The van der Waals surface area contributed by atoms with Crippen molar-refractivity contribution in [2.45, 2.75) is 360 Å². The zero-order chi connectivity index (χ0) is 55.0. The molecule has 0 spiro atoms. The Labute approximate surface area is 473 Å². The first-order valence-corrected chi connectivity index (χ1v) is 33.6. The van der Waals surface area contributed by atoms with Gasteiger partial charge in [-0.3, -0.25) is 9.59 Å². The molecular formula is C70H129NO5. The van der Waals surface area contributed by atoms with Crippen LogP contribution < -0.4 is 5.32 Å². The SMILES string of the molecule is CCCCCC/C=C\C/C=C\CCCCCCCCCC(=O)OCCCCC/C=C\C/C=C\CCCCCCCCCC(=O)NC(CO)C(O)/C=C/CCCCCCCCCCCCCCCCCCCCCCCC. The van der Waals surface area contributed by atoms with E-state index < -0.39 is 12.1 Å². The van der Waals surface area contributed by atoms with Gasteiger partial charge in [-0.05, 0) is 103 Å². The lowest BCUT2D eigenvalue weighted by molar-refractivity contribution is -0.143. The number of aliphatic hydroxyl groups is 2. The van der Waals surface area contributed by atoms with Crippen molar-refractivity contribution in [3.63, 3.8) is 0 Å². The molecule has 1 amide bonds. The van der Waals surface area contributed by atoms with Crippen molar-refractivity contribution in [3.8, 4) is 0 Å². The third kappa shape index (κ3) is 60.8. The molecule has 6 heteroatoms. The molecule has 0 rings (SSSR count). The van der Waals surface area contributed by atoms with E-state index >= 15 is 0 Å². The van der Waals surface area contributed by atoms with Crippen molar-refractivity contribution in [1.82, 2.24) is 5.32 Å². The van der Waals surface area contributed by atoms with Crippen LogP contribution in [0.1, 0.15) is 348 Å². The number of nitrogens with one attached hydrogen (secondary N) is 1. The highest BCUT2D eigenvalue weighted by Crippen LogP contribution is 2.17. The second kappa shape index (κ2) is 65.1. The number of hydrogen-bond acceptors (Lipinski definition) is 5. The highest BCUT2D eigenvalue weighted by Gasteiger charge is 2.18. The summed E-state index contributed by atoms with van der Waals surface area (Å²) in [5, 5.41) is 23.2. The number of aliphatic hydroxyl groups excluding tert-OH is 2. The average Bonchev–Trinajstić information content (AvgIpc) is 3.42. The fraction of sp³-hybridized carbons (Fsp3) is 0.829. The summed E-state index contributed by atoms with van der Waals surface area (Å²) < 4.78 is 5.47. The second-order valence-corrected chi connectivity index (χ2v) is 22.8. The van der Waals surface area contributed by atoms with E-state index in [4.69, 9.17) is 4.74 Å². The van der Waals surface area contributed by atoms with Gasteiger partial charge in [0.25, 0.3) is 0 Å². The van der Waals surface area contributed by atoms with Gasteiger partial charge in [-0.1, -0.05) is 293 Å². The Morgan fingerprint density at radius 1 is 0.368 bits per heavy atom. The number of allylic oxidation sites excluding steroid dienone is 9. The molecule has 0 aromatic carbocycles. The van der Waals surface area contributed by atoms with Crippen molar-refractivity contribution in [3.05, 3.63) is 60.8 Å². The maximum atomic E-state index is 12.5. The minimum atomic E-state index is -0.858. The summed E-state index contributed by atoms with van der Waals surface area (Å²) in [6.07, 6.45) is 85.6. The summed E-state index contributed by atoms with van der Waals surface area (Å²) in [6.45, 7) is 4.86. The standard InChI is InChI=1S/C70H129NO5/c1-3-5-7-9-11-13-15-17-19-21-23-24-25-26-27-28-30-34-38-42-46-50-54-58-62-68(73)67(66-72)71-69(74)63-59-55-51-47-43-39-35-31-29-33-37-41-45-49-53-57-61-65-76-70(75)64-60-56-52-48-44-40-36-32-22-20-18-16-14-12-10-8-6-4-2/h14,16,20,22,29,33,41,45,58,62,67-68,72-73H,3-13,15,17-19,21,23-28,30-32,34-40,42-44,46-57,59-61,63-66H2,1-2H3,(H,71,74)/b16-14-,22-20-,33-29-,45-41-,62-58+. The minimum absolute atomic E-state index is 0.0237. The highest BCUT2D eigenvalue weighted by atomic mass is 16.5. The molecule has 0 aliphatic rings. The normalized spacial score (nSPS) is 12.9. The molecule has 6 nitrogen and oxygen atoms in total. The van der Waals surface area contributed by atoms with E-state index in [2.05, 4.69) is 67.8 Å². The van der Waals surface area contributed by atoms with E-state index in [9.17, 15) is 19.8 Å². The molecule has 0 saturated heterocycles. The smallest absolute Gasteiger partial charge is 0.305 e. The molecule has 3 N–H and O–H groups in total. The number of amides is 1. The molecule has 0 aliphatic heterocycles. The molecule has 0 saturated carbocycles. The summed E-state index contributed by atoms with van der Waals surface area (Å²) in [4.78, 5) is 24.6. The Bertz CT molecular complexity index is 1320. The third-order valence-corrected chi connectivity index (χ3v) is 15.3. The molecule has 0 aromatic heterocycles. The van der Waals surface area contributed by atoms with Crippen molar-refractivity contribution < 1.29 is 24.5 Å². The van der Waals surface area contributed by atoms with Crippen molar-refractivity contribution in [2.24, 2.45) is 0 Å². The van der Waals surface area contributed by atoms with Crippen LogP contribution in [0.5, 0.6) is 0 Å². The molecule has 0 heterocycles. The summed E-state index contributed by atoms with van der Waals surface area (Å²) in [7, 11) is 0. The molecule has 2 atom stereocenters. The summed E-state index contributed by atoms with van der Waals surface area (Å²) in [5.41, 5.74) is 0. The van der Waals surface area contributed by atoms with Gasteiger partial charge in [0, 0.05) is 12.8 Å². The van der Waals surface area contributed by atoms with Gasteiger partial charge < -0.3 is 20.3 Å². The minimum Gasteiger partial charge on any atom is -0.466 e. The Balaban J connectivity index is 3.52. The van der Waals surface area contributed by atoms with E-state index in [-0.39, 0.29) is 18.5 Å². The van der Waals surface area contributed by atoms with Gasteiger partial charge in [-0.2, -0.15) is 0 Å². The average molecular weight is 1060 g/mol. The van der Waals surface area contributed by atoms with Crippen LogP contribution in [-0.4, -0.2) is 47.4 Å². The molecule has 0 aromatic rings. The first-order chi connectivity index (χ1) is 37.5. The van der Waals surface area contributed by atoms with Crippen LogP contribution in [0.3, 0.4) is 0 Å². The predicted octanol–water partition coefficient (Wildman–Crippen LogP) is 21.5. The Morgan fingerprint density at radius 2 is 0.658 bits per heavy atom. The molecule has 444 valence electrons. The van der Waals surface area contributed by atoms with Crippen LogP contribution in [-0.2, 0) is 14.3 Å². The monoisotopic (exact) mass is 1060 g/mol. The van der Waals surface area contributed by atoms with Crippen molar-refractivity contribution in [2.75, 3.05) is 13.2 Å². The van der Waals surface area contributed by atoms with Crippen LogP contribution in [0.15, 0.2) is 60.8 Å². The predicted molar refractivity (Wildman–Crippen MR) is 333 cm³/mol. The van der Waals surface area contributed by atoms with Crippen LogP contribution in [0.4, 0.5) is 0 Å². The number of carbonyl (C=O) groups is 2. The number of ether oxygens (including phenoxy) is 1. The van der Waals surface area contributed by atoms with Crippen LogP contribution in [0.2, 0.25) is 0 Å². The number of carbonyl (C=O) groups excluding carboxylic acids is 2. The zero-order valence-corrected chi connectivity index (χ0v) is 50.7. The lowest BCUT2D eigenvalue weighted by atomic mass is 10.0. The molecule has 2 unspecified atom stereocenters. The summed E-state index contributed by atoms with van der Waals surface area (Å²) in [6, 6.07) is -0.643. The third-order valence-electron chi connectivity index (χ3n) is 15.3. The molecule has 0 fully saturated rings. The molecular weight excluding hydrogens is 935 g/mol. The fourth-order valence-corrected chi connectivity index (χ4v) is 10.1. The van der Waals surface area contributed by atoms with Crippen molar-refractivity contribution in [1.29, 1.82) is 0 Å². The fourth-order valence-electron chi connectivity index (χ4n) is 10.1.